The predicted molar refractivity (Wildman–Crippen MR) is 53.5 cm³/mol. The molecule has 0 aliphatic heterocycles. The molecule has 0 saturated heterocycles. The van der Waals surface area contributed by atoms with Crippen molar-refractivity contribution in [1.29, 1.82) is 0 Å². The molecule has 88 valence electrons. The summed E-state index contributed by atoms with van der Waals surface area (Å²) in [6.07, 6.45) is 1.26. The first kappa shape index (κ1) is 12.4. The number of carboxylic acids is 2. The minimum absolute atomic E-state index is 0.0282. The Kier molecular flexibility index (Phi) is 3.99. The Labute approximate surface area is 96.2 Å². The molecule has 0 heterocycles. The van der Waals surface area contributed by atoms with Crippen LogP contribution >= 0.6 is 0 Å². The molecule has 1 N–H and O–H groups in total. The first-order valence-corrected chi connectivity index (χ1v) is 4.51. The molecule has 0 aliphatic carbocycles. The first-order chi connectivity index (χ1) is 8.00. The minimum Gasteiger partial charge on any atom is -0.545 e. The number of aliphatic carboxylic acids is 1. The van der Waals surface area contributed by atoms with Crippen molar-refractivity contribution in [2.45, 2.75) is 0 Å². The number of carboxylic acid groups (broad SMARTS) is 2. The number of aromatic carboxylic acids is 1. The summed E-state index contributed by atoms with van der Waals surface area (Å²) in [6, 6.07) is 5.60. The van der Waals surface area contributed by atoms with Gasteiger partial charge in [-0.2, -0.15) is 0 Å². The molecule has 0 bridgehead atoms. The molecular weight excluding hydrogens is 226 g/mol. The number of hydrogen-bond donors (Lipinski definition) is 1. The lowest BCUT2D eigenvalue weighted by Crippen LogP contribution is -2.24. The van der Waals surface area contributed by atoms with E-state index in [9.17, 15) is 24.6 Å². The molecular formula is C11H7NO5-2. The average molecular weight is 233 g/mol. The van der Waals surface area contributed by atoms with Crippen molar-refractivity contribution < 1.29 is 24.6 Å². The number of rotatable bonds is 4. The molecule has 0 aromatic heterocycles. The standard InChI is InChI=1S/C11H9NO5/c13-9(5-6-10(14)15)12-8-4-2-1-3-7(8)11(16)17/h1-6H,(H,12,13)(H,14,15)(H,16,17)/p-2. The number of benzene rings is 1. The van der Waals surface area contributed by atoms with Gasteiger partial charge in [-0.1, -0.05) is 18.2 Å². The number of amides is 1. The summed E-state index contributed by atoms with van der Waals surface area (Å²) < 4.78 is 0. The van der Waals surface area contributed by atoms with E-state index in [1.54, 1.807) is 0 Å². The van der Waals surface area contributed by atoms with Crippen LogP contribution in [0.1, 0.15) is 10.4 Å². The van der Waals surface area contributed by atoms with Gasteiger partial charge in [0, 0.05) is 11.6 Å². The summed E-state index contributed by atoms with van der Waals surface area (Å²) in [6.45, 7) is 0. The van der Waals surface area contributed by atoms with Gasteiger partial charge in [0.25, 0.3) is 0 Å². The molecule has 6 nitrogen and oxygen atoms in total. The molecule has 0 spiro atoms. The molecule has 1 rings (SSSR count). The van der Waals surface area contributed by atoms with Gasteiger partial charge in [0.2, 0.25) is 5.91 Å². The minimum atomic E-state index is -1.52. The number of carbonyl (C=O) groups excluding carboxylic acids is 3. The largest absolute Gasteiger partial charge is 0.545 e. The van der Waals surface area contributed by atoms with Crippen LogP contribution in [0.2, 0.25) is 0 Å². The van der Waals surface area contributed by atoms with Gasteiger partial charge in [-0.25, -0.2) is 0 Å². The highest BCUT2D eigenvalue weighted by Crippen LogP contribution is 2.13. The normalized spacial score (nSPS) is 10.1. The van der Waals surface area contributed by atoms with Crippen LogP contribution in [0.4, 0.5) is 5.69 Å². The Balaban J connectivity index is 2.85. The highest BCUT2D eigenvalue weighted by atomic mass is 16.4. The smallest absolute Gasteiger partial charge is 0.248 e. The van der Waals surface area contributed by atoms with Crippen molar-refractivity contribution >= 4 is 23.5 Å². The van der Waals surface area contributed by atoms with Crippen LogP contribution in [0.25, 0.3) is 0 Å². The second kappa shape index (κ2) is 5.45. The van der Waals surface area contributed by atoms with E-state index in [0.717, 1.165) is 6.08 Å². The van der Waals surface area contributed by atoms with Gasteiger partial charge in [0.1, 0.15) is 0 Å². The fourth-order valence-electron chi connectivity index (χ4n) is 1.09. The lowest BCUT2D eigenvalue weighted by Gasteiger charge is -2.09. The molecule has 0 unspecified atom stereocenters. The van der Waals surface area contributed by atoms with Crippen molar-refractivity contribution in [3.8, 4) is 0 Å². The Morgan fingerprint density at radius 3 is 2.29 bits per heavy atom. The van der Waals surface area contributed by atoms with Crippen molar-refractivity contribution in [3.05, 3.63) is 42.0 Å². The quantitative estimate of drug-likeness (QED) is 0.623. The summed E-state index contributed by atoms with van der Waals surface area (Å²) in [5.41, 5.74) is -0.164. The van der Waals surface area contributed by atoms with Gasteiger partial charge in [-0.05, 0) is 12.1 Å². The third-order valence-corrected chi connectivity index (χ3v) is 1.78. The SMILES string of the molecule is O=C([O-])C=CC(=O)Nc1ccccc1C(=O)[O-]. The molecule has 1 aromatic carbocycles. The van der Waals surface area contributed by atoms with E-state index in [1.807, 2.05) is 0 Å². The van der Waals surface area contributed by atoms with Crippen LogP contribution in [-0.4, -0.2) is 17.8 Å². The van der Waals surface area contributed by atoms with E-state index in [4.69, 9.17) is 0 Å². The predicted octanol–water partition coefficient (Wildman–Crippen LogP) is -1.71. The van der Waals surface area contributed by atoms with E-state index >= 15 is 0 Å². The summed E-state index contributed by atoms with van der Waals surface area (Å²) in [5, 5.41) is 22.9. The van der Waals surface area contributed by atoms with Gasteiger partial charge in [0.05, 0.1) is 17.6 Å². The molecule has 0 atom stereocenters. The third-order valence-electron chi connectivity index (χ3n) is 1.78. The van der Waals surface area contributed by atoms with E-state index in [1.165, 1.54) is 24.3 Å². The Morgan fingerprint density at radius 1 is 1.06 bits per heavy atom. The molecule has 0 aliphatic rings. The molecule has 6 heteroatoms. The van der Waals surface area contributed by atoms with Gasteiger partial charge < -0.3 is 25.1 Å². The number of anilines is 1. The molecule has 0 radical (unpaired) electrons. The summed E-state index contributed by atoms with van der Waals surface area (Å²) >= 11 is 0. The Hall–Kier alpha value is -2.63. The van der Waals surface area contributed by atoms with Crippen LogP contribution in [0.15, 0.2) is 36.4 Å². The van der Waals surface area contributed by atoms with E-state index in [-0.39, 0.29) is 11.3 Å². The van der Waals surface area contributed by atoms with Gasteiger partial charge >= 0.3 is 0 Å². The highest BCUT2D eigenvalue weighted by molar-refractivity contribution is 6.05. The Morgan fingerprint density at radius 2 is 1.71 bits per heavy atom. The average Bonchev–Trinajstić information content (AvgIpc) is 2.27. The molecule has 17 heavy (non-hydrogen) atoms. The fourth-order valence-corrected chi connectivity index (χ4v) is 1.09. The van der Waals surface area contributed by atoms with E-state index < -0.39 is 17.8 Å². The third kappa shape index (κ3) is 3.78. The Bertz CT molecular complexity index is 492. The highest BCUT2D eigenvalue weighted by Gasteiger charge is 2.04. The van der Waals surface area contributed by atoms with Gasteiger partial charge in [0.15, 0.2) is 0 Å². The van der Waals surface area contributed by atoms with Crippen LogP contribution in [0.5, 0.6) is 0 Å². The molecule has 1 aromatic rings. The van der Waals surface area contributed by atoms with Crippen LogP contribution in [0, 0.1) is 0 Å². The van der Waals surface area contributed by atoms with Crippen LogP contribution in [0.3, 0.4) is 0 Å². The molecule has 0 saturated carbocycles. The first-order valence-electron chi connectivity index (χ1n) is 4.51. The summed E-state index contributed by atoms with van der Waals surface area (Å²) in [7, 11) is 0. The zero-order valence-corrected chi connectivity index (χ0v) is 8.51. The summed E-state index contributed by atoms with van der Waals surface area (Å²) in [4.78, 5) is 31.9. The van der Waals surface area contributed by atoms with Gasteiger partial charge in [-0.3, -0.25) is 4.79 Å². The maximum Gasteiger partial charge on any atom is 0.248 e. The lowest BCUT2D eigenvalue weighted by atomic mass is 10.2. The van der Waals surface area contributed by atoms with E-state index in [0.29, 0.717) is 6.08 Å². The fraction of sp³-hybridized carbons (Fsp3) is 0. The van der Waals surface area contributed by atoms with Crippen LogP contribution < -0.4 is 15.5 Å². The molecule has 0 fully saturated rings. The molecule has 1 amide bonds. The second-order valence-electron chi connectivity index (χ2n) is 2.97. The second-order valence-corrected chi connectivity index (χ2v) is 2.97. The zero-order chi connectivity index (χ0) is 12.8. The maximum atomic E-state index is 11.2. The maximum absolute atomic E-state index is 11.2. The number of para-hydroxylation sites is 1. The topological polar surface area (TPSA) is 109 Å². The van der Waals surface area contributed by atoms with Gasteiger partial charge in [-0.15, -0.1) is 0 Å². The van der Waals surface area contributed by atoms with Crippen molar-refractivity contribution in [3.63, 3.8) is 0 Å². The number of carbonyl (C=O) groups is 3. The van der Waals surface area contributed by atoms with Crippen LogP contribution in [-0.2, 0) is 9.59 Å². The van der Waals surface area contributed by atoms with Crippen molar-refractivity contribution in [2.75, 3.05) is 5.32 Å². The number of hydrogen-bond acceptors (Lipinski definition) is 5. The number of nitrogens with one attached hydrogen (secondary N) is 1. The van der Waals surface area contributed by atoms with E-state index in [2.05, 4.69) is 5.32 Å². The lowest BCUT2D eigenvalue weighted by molar-refractivity contribution is -0.297. The van der Waals surface area contributed by atoms with Crippen molar-refractivity contribution in [2.24, 2.45) is 0 Å². The summed E-state index contributed by atoms with van der Waals surface area (Å²) in [5.74, 6) is -3.74. The van der Waals surface area contributed by atoms with Crippen molar-refractivity contribution in [1.82, 2.24) is 0 Å². The monoisotopic (exact) mass is 233 g/mol. The zero-order valence-electron chi connectivity index (χ0n) is 8.51.